The van der Waals surface area contributed by atoms with E-state index in [0.29, 0.717) is 0 Å². The van der Waals surface area contributed by atoms with E-state index in [-0.39, 0.29) is 12.3 Å². The van der Waals surface area contributed by atoms with Gasteiger partial charge in [-0.3, -0.25) is 24.0 Å². The number of nitrogens with two attached hydrogens (primary N) is 2. The Morgan fingerprint density at radius 1 is 0.806 bits per heavy atom. The second-order valence-corrected chi connectivity index (χ2v) is 7.21. The number of hydrogen-bond donors (Lipinski definition) is 8. The molecule has 0 saturated carbocycles. The molecule has 176 valence electrons. The summed E-state index contributed by atoms with van der Waals surface area (Å²) >= 11 is 0. The van der Waals surface area contributed by atoms with Crippen LogP contribution in [0, 0.1) is 5.92 Å². The second kappa shape index (κ2) is 13.1. The number of carbonyl (C=O) groups is 6. The Bertz CT molecular complexity index is 697. The first kappa shape index (κ1) is 27.7. The van der Waals surface area contributed by atoms with E-state index >= 15 is 0 Å². The van der Waals surface area contributed by atoms with Crippen LogP contribution in [-0.4, -0.2) is 81.7 Å². The van der Waals surface area contributed by atoms with Gasteiger partial charge in [0.2, 0.25) is 23.6 Å². The number of aliphatic hydroxyl groups is 1. The highest BCUT2D eigenvalue weighted by atomic mass is 16.4. The lowest BCUT2D eigenvalue weighted by molar-refractivity contribution is -0.144. The maximum Gasteiger partial charge on any atom is 0.326 e. The molecule has 0 aromatic heterocycles. The van der Waals surface area contributed by atoms with Crippen molar-refractivity contribution in [2.75, 3.05) is 6.61 Å². The average Bonchev–Trinajstić information content (AvgIpc) is 2.63. The zero-order valence-electron chi connectivity index (χ0n) is 17.2. The fraction of sp³-hybridized carbons (Fsp3) is 0.647. The normalized spacial score (nSPS) is 14.6. The third-order valence-electron chi connectivity index (χ3n) is 3.91. The fourth-order valence-electron chi connectivity index (χ4n) is 2.40. The first-order chi connectivity index (χ1) is 14.3. The van der Waals surface area contributed by atoms with Gasteiger partial charge in [-0.15, -0.1) is 0 Å². The summed E-state index contributed by atoms with van der Waals surface area (Å²) in [5.41, 5.74) is 10.4. The molecule has 0 saturated heterocycles. The minimum absolute atomic E-state index is 0.0938. The number of rotatable bonds is 14. The number of aliphatic hydroxyl groups excluding tert-OH is 1. The van der Waals surface area contributed by atoms with Crippen molar-refractivity contribution >= 4 is 35.6 Å². The van der Waals surface area contributed by atoms with Gasteiger partial charge in [0, 0.05) is 0 Å². The summed E-state index contributed by atoms with van der Waals surface area (Å²) in [6, 6.07) is -5.89. The Labute approximate surface area is 177 Å². The monoisotopic (exact) mass is 447 g/mol. The van der Waals surface area contributed by atoms with Crippen molar-refractivity contribution in [3.63, 3.8) is 0 Å². The molecule has 14 nitrogen and oxygen atoms in total. The van der Waals surface area contributed by atoms with Crippen LogP contribution < -0.4 is 27.4 Å². The molecule has 0 aromatic carbocycles. The van der Waals surface area contributed by atoms with Crippen LogP contribution in [0.2, 0.25) is 0 Å². The molecule has 4 atom stereocenters. The van der Waals surface area contributed by atoms with Crippen LogP contribution in [0.1, 0.15) is 33.1 Å². The number of carboxylic acids is 2. The van der Waals surface area contributed by atoms with E-state index < -0.39 is 79.2 Å². The maximum atomic E-state index is 12.6. The Morgan fingerprint density at radius 2 is 1.29 bits per heavy atom. The average molecular weight is 447 g/mol. The van der Waals surface area contributed by atoms with Crippen molar-refractivity contribution in [1.29, 1.82) is 0 Å². The van der Waals surface area contributed by atoms with Gasteiger partial charge in [-0.2, -0.15) is 0 Å². The summed E-state index contributed by atoms with van der Waals surface area (Å²) in [5, 5.41) is 33.6. The number of amides is 4. The molecule has 31 heavy (non-hydrogen) atoms. The quantitative estimate of drug-likeness (QED) is 0.129. The van der Waals surface area contributed by atoms with Gasteiger partial charge < -0.3 is 42.7 Å². The number of carboxylic acid groups (broad SMARTS) is 2. The highest BCUT2D eigenvalue weighted by Crippen LogP contribution is 2.06. The molecule has 0 aliphatic heterocycles. The van der Waals surface area contributed by atoms with Crippen LogP contribution in [0.25, 0.3) is 0 Å². The third-order valence-corrected chi connectivity index (χ3v) is 3.91. The molecular formula is C17H29N5O9. The fourth-order valence-corrected chi connectivity index (χ4v) is 2.40. The van der Waals surface area contributed by atoms with Crippen molar-refractivity contribution < 1.29 is 44.1 Å². The van der Waals surface area contributed by atoms with Gasteiger partial charge in [-0.05, 0) is 12.3 Å². The van der Waals surface area contributed by atoms with Crippen molar-refractivity contribution in [1.82, 2.24) is 16.0 Å². The Morgan fingerprint density at radius 3 is 1.71 bits per heavy atom. The molecule has 0 aliphatic carbocycles. The molecular weight excluding hydrogens is 418 g/mol. The zero-order valence-corrected chi connectivity index (χ0v) is 17.2. The predicted octanol–water partition coefficient (Wildman–Crippen LogP) is -3.76. The van der Waals surface area contributed by atoms with Crippen LogP contribution in [0.4, 0.5) is 0 Å². The van der Waals surface area contributed by atoms with E-state index in [1.165, 1.54) is 0 Å². The first-order valence-corrected chi connectivity index (χ1v) is 9.28. The summed E-state index contributed by atoms with van der Waals surface area (Å²) in [6.07, 6.45) is -1.28. The van der Waals surface area contributed by atoms with Crippen molar-refractivity contribution in [3.05, 3.63) is 0 Å². The summed E-state index contributed by atoms with van der Waals surface area (Å²) in [7, 11) is 0. The van der Waals surface area contributed by atoms with Crippen LogP contribution in [-0.2, 0) is 28.8 Å². The number of primary amides is 1. The molecule has 0 radical (unpaired) electrons. The van der Waals surface area contributed by atoms with E-state index in [9.17, 15) is 33.9 Å². The summed E-state index contributed by atoms with van der Waals surface area (Å²) in [5.74, 6) is -6.85. The van der Waals surface area contributed by atoms with Gasteiger partial charge in [0.1, 0.15) is 18.1 Å². The third kappa shape index (κ3) is 10.9. The Hall–Kier alpha value is -3.26. The lowest BCUT2D eigenvalue weighted by Crippen LogP contribution is -2.58. The molecule has 0 aliphatic rings. The number of carbonyl (C=O) groups excluding carboxylic acids is 4. The van der Waals surface area contributed by atoms with Gasteiger partial charge in [0.05, 0.1) is 25.5 Å². The second-order valence-electron chi connectivity index (χ2n) is 7.21. The SMILES string of the molecule is CC(C)CC(NC(=O)C(N)CC(=O)O)C(=O)NC(CO)C(=O)NC(CC(N)=O)C(=O)O. The Balaban J connectivity index is 5.27. The molecule has 0 fully saturated rings. The van der Waals surface area contributed by atoms with E-state index in [1.54, 1.807) is 13.8 Å². The summed E-state index contributed by atoms with van der Waals surface area (Å²) in [6.45, 7) is 2.56. The highest BCUT2D eigenvalue weighted by molar-refractivity contribution is 5.95. The van der Waals surface area contributed by atoms with Crippen molar-refractivity contribution in [3.8, 4) is 0 Å². The molecule has 10 N–H and O–H groups in total. The minimum Gasteiger partial charge on any atom is -0.481 e. The largest absolute Gasteiger partial charge is 0.481 e. The molecule has 14 heteroatoms. The molecule has 4 amide bonds. The van der Waals surface area contributed by atoms with E-state index in [4.69, 9.17) is 21.7 Å². The van der Waals surface area contributed by atoms with Gasteiger partial charge in [0.25, 0.3) is 0 Å². The summed E-state index contributed by atoms with van der Waals surface area (Å²) in [4.78, 5) is 69.6. The smallest absolute Gasteiger partial charge is 0.326 e. The predicted molar refractivity (Wildman–Crippen MR) is 104 cm³/mol. The first-order valence-electron chi connectivity index (χ1n) is 9.28. The molecule has 4 unspecified atom stereocenters. The van der Waals surface area contributed by atoms with Crippen molar-refractivity contribution in [2.24, 2.45) is 17.4 Å². The summed E-state index contributed by atoms with van der Waals surface area (Å²) < 4.78 is 0. The molecule has 0 aromatic rings. The van der Waals surface area contributed by atoms with E-state index in [0.717, 1.165) is 0 Å². The lowest BCUT2D eigenvalue weighted by atomic mass is 10.0. The zero-order chi connectivity index (χ0) is 24.3. The van der Waals surface area contributed by atoms with E-state index in [1.807, 2.05) is 5.32 Å². The topological polar surface area (TPSA) is 251 Å². The molecule has 0 heterocycles. The minimum atomic E-state index is -1.67. The molecule has 0 rings (SSSR count). The number of hydrogen-bond acceptors (Lipinski definition) is 8. The van der Waals surface area contributed by atoms with E-state index in [2.05, 4.69) is 10.6 Å². The molecule has 0 bridgehead atoms. The standard InChI is InChI=1S/C17H29N5O9/c1-7(2)3-9(20-14(27)8(18)4-13(25)26)15(28)22-11(6-23)16(29)21-10(17(30)31)5-12(19)24/h7-11,23H,3-6,18H2,1-2H3,(H2,19,24)(H,20,27)(H,21,29)(H,22,28)(H,25,26)(H,30,31). The van der Waals surface area contributed by atoms with Gasteiger partial charge in [-0.1, -0.05) is 13.8 Å². The van der Waals surface area contributed by atoms with Crippen molar-refractivity contribution in [2.45, 2.75) is 57.3 Å². The van der Waals surface area contributed by atoms with Gasteiger partial charge >= 0.3 is 11.9 Å². The number of nitrogens with one attached hydrogen (secondary N) is 3. The lowest BCUT2D eigenvalue weighted by Gasteiger charge is -2.25. The van der Waals surface area contributed by atoms with Crippen LogP contribution in [0.5, 0.6) is 0 Å². The van der Waals surface area contributed by atoms with Crippen LogP contribution >= 0.6 is 0 Å². The van der Waals surface area contributed by atoms with Crippen LogP contribution in [0.3, 0.4) is 0 Å². The highest BCUT2D eigenvalue weighted by Gasteiger charge is 2.31. The molecule has 0 spiro atoms. The maximum absolute atomic E-state index is 12.6. The number of aliphatic carboxylic acids is 2. The van der Waals surface area contributed by atoms with Crippen LogP contribution in [0.15, 0.2) is 0 Å². The van der Waals surface area contributed by atoms with Gasteiger partial charge in [0.15, 0.2) is 0 Å². The van der Waals surface area contributed by atoms with Gasteiger partial charge in [-0.25, -0.2) is 4.79 Å². The Kier molecular flexibility index (Phi) is 11.7.